The SMILES string of the molecule is CC(=O)Nc1ccc2c(=O)c(C)c(-c3ccccc3)oc2c1[N+](=O)[O-]. The van der Waals surface area contributed by atoms with Gasteiger partial charge in [-0.05, 0) is 19.1 Å². The molecule has 7 nitrogen and oxygen atoms in total. The molecule has 25 heavy (non-hydrogen) atoms. The second-order valence-corrected chi connectivity index (χ2v) is 5.53. The molecule has 0 atom stereocenters. The van der Waals surface area contributed by atoms with Crippen molar-refractivity contribution in [1.82, 2.24) is 0 Å². The zero-order valence-corrected chi connectivity index (χ0v) is 13.5. The van der Waals surface area contributed by atoms with Gasteiger partial charge in [0.1, 0.15) is 11.4 Å². The summed E-state index contributed by atoms with van der Waals surface area (Å²) >= 11 is 0. The van der Waals surface area contributed by atoms with Gasteiger partial charge in [-0.3, -0.25) is 19.7 Å². The highest BCUT2D eigenvalue weighted by atomic mass is 16.6. The number of hydrogen-bond donors (Lipinski definition) is 1. The van der Waals surface area contributed by atoms with Crippen LogP contribution in [0.25, 0.3) is 22.3 Å². The molecule has 0 unspecified atom stereocenters. The highest BCUT2D eigenvalue weighted by Crippen LogP contribution is 2.35. The number of carbonyl (C=O) groups excluding carboxylic acids is 1. The zero-order chi connectivity index (χ0) is 18.1. The number of hydrogen-bond acceptors (Lipinski definition) is 5. The molecule has 1 heterocycles. The number of carbonyl (C=O) groups is 1. The van der Waals surface area contributed by atoms with E-state index in [9.17, 15) is 19.7 Å². The first-order chi connectivity index (χ1) is 11.9. The van der Waals surface area contributed by atoms with E-state index in [0.29, 0.717) is 11.1 Å². The van der Waals surface area contributed by atoms with Gasteiger partial charge in [0.15, 0.2) is 5.43 Å². The fraction of sp³-hybridized carbons (Fsp3) is 0.111. The molecule has 1 N–H and O–H groups in total. The predicted octanol–water partition coefficient (Wildman–Crippen LogP) is 3.64. The van der Waals surface area contributed by atoms with Gasteiger partial charge in [0.2, 0.25) is 11.5 Å². The van der Waals surface area contributed by atoms with E-state index < -0.39 is 16.5 Å². The third-order valence-electron chi connectivity index (χ3n) is 3.79. The van der Waals surface area contributed by atoms with Crippen molar-refractivity contribution in [2.75, 3.05) is 5.32 Å². The monoisotopic (exact) mass is 338 g/mol. The maximum Gasteiger partial charge on any atom is 0.335 e. The number of nitrogens with zero attached hydrogens (tertiary/aromatic N) is 1. The average Bonchev–Trinajstić information content (AvgIpc) is 2.57. The van der Waals surface area contributed by atoms with Crippen molar-refractivity contribution in [3.63, 3.8) is 0 Å². The molecule has 3 aromatic rings. The number of nitro groups is 1. The summed E-state index contributed by atoms with van der Waals surface area (Å²) in [5.74, 6) is -0.193. The van der Waals surface area contributed by atoms with Crippen LogP contribution in [0, 0.1) is 17.0 Å². The van der Waals surface area contributed by atoms with Gasteiger partial charge in [0.25, 0.3) is 0 Å². The quantitative estimate of drug-likeness (QED) is 0.580. The number of rotatable bonds is 3. The van der Waals surface area contributed by atoms with Crippen LogP contribution in [0.2, 0.25) is 0 Å². The Morgan fingerprint density at radius 3 is 2.44 bits per heavy atom. The predicted molar refractivity (Wildman–Crippen MR) is 93.6 cm³/mol. The van der Waals surface area contributed by atoms with E-state index in [2.05, 4.69) is 5.32 Å². The Balaban J connectivity index is 2.41. The molecule has 1 aromatic heterocycles. The van der Waals surface area contributed by atoms with Gasteiger partial charge in [0, 0.05) is 18.1 Å². The Kier molecular flexibility index (Phi) is 4.06. The van der Waals surface area contributed by atoms with Crippen molar-refractivity contribution in [3.05, 3.63) is 68.4 Å². The minimum atomic E-state index is -0.666. The summed E-state index contributed by atoms with van der Waals surface area (Å²) in [6, 6.07) is 11.6. The van der Waals surface area contributed by atoms with Crippen LogP contribution in [0.15, 0.2) is 51.7 Å². The summed E-state index contributed by atoms with van der Waals surface area (Å²) < 4.78 is 5.78. The molecule has 0 aliphatic carbocycles. The van der Waals surface area contributed by atoms with Crippen LogP contribution in [0.5, 0.6) is 0 Å². The first-order valence-corrected chi connectivity index (χ1v) is 7.48. The number of fused-ring (bicyclic) bond motifs is 1. The van der Waals surface area contributed by atoms with Crippen molar-refractivity contribution in [2.45, 2.75) is 13.8 Å². The van der Waals surface area contributed by atoms with Crippen molar-refractivity contribution in [3.8, 4) is 11.3 Å². The first-order valence-electron chi connectivity index (χ1n) is 7.48. The second kappa shape index (κ2) is 6.20. The van der Waals surface area contributed by atoms with E-state index in [-0.39, 0.29) is 27.8 Å². The molecule has 7 heteroatoms. The maximum absolute atomic E-state index is 12.7. The van der Waals surface area contributed by atoms with E-state index in [0.717, 1.165) is 0 Å². The lowest BCUT2D eigenvalue weighted by molar-refractivity contribution is -0.382. The summed E-state index contributed by atoms with van der Waals surface area (Å²) in [6.45, 7) is 2.86. The third-order valence-corrected chi connectivity index (χ3v) is 3.79. The minimum Gasteiger partial charge on any atom is -0.448 e. The molecule has 0 saturated heterocycles. The summed E-state index contributed by atoms with van der Waals surface area (Å²) in [7, 11) is 0. The van der Waals surface area contributed by atoms with Crippen LogP contribution in [0.4, 0.5) is 11.4 Å². The zero-order valence-electron chi connectivity index (χ0n) is 13.5. The molecule has 0 fully saturated rings. The Bertz CT molecular complexity index is 1050. The molecular formula is C18H14N2O5. The van der Waals surface area contributed by atoms with Crippen molar-refractivity contribution >= 4 is 28.3 Å². The highest BCUT2D eigenvalue weighted by molar-refractivity contribution is 5.99. The number of benzene rings is 2. The average molecular weight is 338 g/mol. The van der Waals surface area contributed by atoms with Crippen molar-refractivity contribution in [1.29, 1.82) is 0 Å². The molecule has 2 aromatic carbocycles. The van der Waals surface area contributed by atoms with Crippen LogP contribution in [0.3, 0.4) is 0 Å². The van der Waals surface area contributed by atoms with E-state index in [1.165, 1.54) is 19.1 Å². The van der Waals surface area contributed by atoms with Gasteiger partial charge >= 0.3 is 5.69 Å². The van der Waals surface area contributed by atoms with Gasteiger partial charge in [-0.1, -0.05) is 30.3 Å². The fourth-order valence-electron chi connectivity index (χ4n) is 2.67. The van der Waals surface area contributed by atoms with Gasteiger partial charge in [0.05, 0.1) is 10.3 Å². The van der Waals surface area contributed by atoms with E-state index in [4.69, 9.17) is 4.42 Å². The van der Waals surface area contributed by atoms with E-state index in [1.54, 1.807) is 31.2 Å². The number of nitro benzene ring substituents is 1. The van der Waals surface area contributed by atoms with Crippen molar-refractivity contribution < 1.29 is 14.1 Å². The summed E-state index contributed by atoms with van der Waals surface area (Å²) in [5, 5.41) is 14.0. The third kappa shape index (κ3) is 2.87. The molecule has 0 saturated carbocycles. The highest BCUT2D eigenvalue weighted by Gasteiger charge is 2.25. The molecule has 0 aliphatic rings. The van der Waals surface area contributed by atoms with Gasteiger partial charge < -0.3 is 9.73 Å². The molecule has 126 valence electrons. The maximum atomic E-state index is 12.7. The first kappa shape index (κ1) is 16.4. The van der Waals surface area contributed by atoms with Crippen LogP contribution >= 0.6 is 0 Å². The largest absolute Gasteiger partial charge is 0.448 e. The molecule has 0 spiro atoms. The van der Waals surface area contributed by atoms with Crippen LogP contribution < -0.4 is 10.7 Å². The van der Waals surface area contributed by atoms with Crippen LogP contribution in [-0.2, 0) is 4.79 Å². The molecule has 1 amide bonds. The Morgan fingerprint density at radius 2 is 1.84 bits per heavy atom. The van der Waals surface area contributed by atoms with Crippen molar-refractivity contribution in [2.24, 2.45) is 0 Å². The molecule has 0 radical (unpaired) electrons. The lowest BCUT2D eigenvalue weighted by Crippen LogP contribution is -2.11. The normalized spacial score (nSPS) is 10.6. The molecule has 0 aliphatic heterocycles. The second-order valence-electron chi connectivity index (χ2n) is 5.53. The lowest BCUT2D eigenvalue weighted by Gasteiger charge is -2.09. The van der Waals surface area contributed by atoms with Gasteiger partial charge in [-0.15, -0.1) is 0 Å². The van der Waals surface area contributed by atoms with Crippen LogP contribution in [-0.4, -0.2) is 10.8 Å². The summed E-state index contributed by atoms with van der Waals surface area (Å²) in [5.41, 5.74) is 0.0276. The topological polar surface area (TPSA) is 102 Å². The van der Waals surface area contributed by atoms with Crippen LogP contribution in [0.1, 0.15) is 12.5 Å². The Hall–Kier alpha value is -3.48. The lowest BCUT2D eigenvalue weighted by atomic mass is 10.0. The van der Waals surface area contributed by atoms with E-state index >= 15 is 0 Å². The summed E-state index contributed by atoms with van der Waals surface area (Å²) in [6.07, 6.45) is 0. The fourth-order valence-corrected chi connectivity index (χ4v) is 2.67. The molecular weight excluding hydrogens is 324 g/mol. The molecule has 3 rings (SSSR count). The summed E-state index contributed by atoms with van der Waals surface area (Å²) in [4.78, 5) is 34.9. The number of amides is 1. The number of anilines is 1. The molecule has 0 bridgehead atoms. The minimum absolute atomic E-state index is 0.0176. The smallest absolute Gasteiger partial charge is 0.335 e. The Labute approximate surface area is 142 Å². The standard InChI is InChI=1S/C18H14N2O5/c1-10-16(22)13-8-9-14(19-11(2)21)15(20(23)24)18(13)25-17(10)12-6-4-3-5-7-12/h3-9H,1-2H3,(H,19,21). The van der Waals surface area contributed by atoms with Gasteiger partial charge in [-0.2, -0.15) is 0 Å². The van der Waals surface area contributed by atoms with Gasteiger partial charge in [-0.25, -0.2) is 0 Å². The number of nitrogens with one attached hydrogen (secondary N) is 1. The van der Waals surface area contributed by atoms with E-state index in [1.807, 2.05) is 6.07 Å². The Morgan fingerprint density at radius 1 is 1.16 bits per heavy atom.